The van der Waals surface area contributed by atoms with Crippen molar-refractivity contribution in [1.29, 1.82) is 0 Å². The molecule has 2 atom stereocenters. The standard InChI is InChI=1S/C33H37NO8/c1-3-39-33(38)42-23-41-32(37)24(2)20-29(21-25-14-16-28(17-15-25)27-12-8-5-9-13-27)34-30(35)18-19-31(36)40-22-26-10-6-4-7-11-26/h4-17,24,29H,3,18-23H2,1-2H3,(H,34,35)/t24?,29-/m0/s1. The third kappa shape index (κ3) is 11.4. The van der Waals surface area contributed by atoms with Crippen molar-refractivity contribution in [3.63, 3.8) is 0 Å². The second-order valence-corrected chi connectivity index (χ2v) is 9.72. The molecule has 1 amide bonds. The van der Waals surface area contributed by atoms with E-state index in [1.165, 1.54) is 0 Å². The van der Waals surface area contributed by atoms with Gasteiger partial charge >= 0.3 is 18.1 Å². The highest BCUT2D eigenvalue weighted by Crippen LogP contribution is 2.21. The molecular weight excluding hydrogens is 538 g/mol. The maximum absolute atomic E-state index is 12.8. The van der Waals surface area contributed by atoms with Crippen LogP contribution in [0.2, 0.25) is 0 Å². The molecule has 1 N–H and O–H groups in total. The number of hydrogen-bond acceptors (Lipinski definition) is 8. The molecule has 1 unspecified atom stereocenters. The molecule has 0 spiro atoms. The third-order valence-electron chi connectivity index (χ3n) is 6.39. The first-order valence-corrected chi connectivity index (χ1v) is 13.9. The Balaban J connectivity index is 1.57. The lowest BCUT2D eigenvalue weighted by atomic mass is 9.94. The molecule has 9 heteroatoms. The van der Waals surface area contributed by atoms with Gasteiger partial charge in [-0.15, -0.1) is 0 Å². The van der Waals surface area contributed by atoms with Crippen molar-refractivity contribution in [2.24, 2.45) is 5.92 Å². The molecule has 222 valence electrons. The van der Waals surface area contributed by atoms with Gasteiger partial charge < -0.3 is 24.3 Å². The predicted octanol–water partition coefficient (Wildman–Crippen LogP) is 5.60. The second kappa shape index (κ2) is 17.2. The normalized spacial score (nSPS) is 12.0. The molecular formula is C33H37NO8. The molecule has 0 radical (unpaired) electrons. The summed E-state index contributed by atoms with van der Waals surface area (Å²) in [6.45, 7) is 3.02. The quantitative estimate of drug-likeness (QED) is 0.141. The molecule has 42 heavy (non-hydrogen) atoms. The van der Waals surface area contributed by atoms with Crippen LogP contribution < -0.4 is 5.32 Å². The first kappa shape index (κ1) is 31.9. The van der Waals surface area contributed by atoms with Crippen molar-refractivity contribution in [3.8, 4) is 11.1 Å². The zero-order chi connectivity index (χ0) is 30.2. The minimum Gasteiger partial charge on any atom is -0.461 e. The van der Waals surface area contributed by atoms with Crippen LogP contribution in [0.3, 0.4) is 0 Å². The molecule has 0 saturated carbocycles. The molecule has 0 aliphatic carbocycles. The van der Waals surface area contributed by atoms with E-state index < -0.39 is 36.8 Å². The Morgan fingerprint density at radius 1 is 0.714 bits per heavy atom. The number of rotatable bonds is 15. The first-order valence-electron chi connectivity index (χ1n) is 13.9. The van der Waals surface area contributed by atoms with E-state index in [9.17, 15) is 19.2 Å². The molecule has 0 heterocycles. The van der Waals surface area contributed by atoms with E-state index in [1.807, 2.05) is 84.9 Å². The summed E-state index contributed by atoms with van der Waals surface area (Å²) in [4.78, 5) is 48.9. The number of benzene rings is 3. The van der Waals surface area contributed by atoms with Crippen LogP contribution in [-0.2, 0) is 46.4 Å². The van der Waals surface area contributed by atoms with Gasteiger partial charge in [0, 0.05) is 12.5 Å². The fraction of sp³-hybridized carbons (Fsp3) is 0.333. The van der Waals surface area contributed by atoms with Crippen molar-refractivity contribution < 1.29 is 38.1 Å². The lowest BCUT2D eigenvalue weighted by Crippen LogP contribution is -2.39. The van der Waals surface area contributed by atoms with Crippen LogP contribution >= 0.6 is 0 Å². The molecule has 3 rings (SSSR count). The Hall–Kier alpha value is -4.66. The monoisotopic (exact) mass is 575 g/mol. The second-order valence-electron chi connectivity index (χ2n) is 9.72. The minimum absolute atomic E-state index is 0.0523. The lowest BCUT2D eigenvalue weighted by Gasteiger charge is -2.22. The topological polar surface area (TPSA) is 117 Å². The predicted molar refractivity (Wildman–Crippen MR) is 156 cm³/mol. The zero-order valence-corrected chi connectivity index (χ0v) is 24.0. The first-order chi connectivity index (χ1) is 20.3. The number of carbonyl (C=O) groups excluding carboxylic acids is 4. The highest BCUT2D eigenvalue weighted by Gasteiger charge is 2.23. The van der Waals surface area contributed by atoms with Crippen molar-refractivity contribution in [2.75, 3.05) is 13.4 Å². The van der Waals surface area contributed by atoms with Crippen LogP contribution in [0.4, 0.5) is 4.79 Å². The average Bonchev–Trinajstić information content (AvgIpc) is 3.00. The van der Waals surface area contributed by atoms with Crippen LogP contribution in [0.25, 0.3) is 11.1 Å². The van der Waals surface area contributed by atoms with E-state index in [-0.39, 0.29) is 38.4 Å². The summed E-state index contributed by atoms with van der Waals surface area (Å²) in [5.41, 5.74) is 3.98. The van der Waals surface area contributed by atoms with E-state index in [2.05, 4.69) is 10.1 Å². The number of carbonyl (C=O) groups is 4. The SMILES string of the molecule is CCOC(=O)OCOC(=O)C(C)C[C@@H](Cc1ccc(-c2ccccc2)cc1)NC(=O)CCC(=O)OCc1ccccc1. The lowest BCUT2D eigenvalue weighted by molar-refractivity contribution is -0.158. The van der Waals surface area contributed by atoms with Gasteiger partial charge in [-0.25, -0.2) is 4.79 Å². The number of nitrogens with one attached hydrogen (secondary N) is 1. The summed E-state index contributed by atoms with van der Waals surface area (Å²) in [6, 6.07) is 26.8. The van der Waals surface area contributed by atoms with Crippen LogP contribution in [0.5, 0.6) is 0 Å². The van der Waals surface area contributed by atoms with Gasteiger partial charge in [0.05, 0.1) is 18.9 Å². The maximum atomic E-state index is 12.8. The highest BCUT2D eigenvalue weighted by molar-refractivity contribution is 5.81. The van der Waals surface area contributed by atoms with E-state index in [1.54, 1.807) is 13.8 Å². The number of ether oxygens (including phenoxy) is 4. The van der Waals surface area contributed by atoms with E-state index in [0.29, 0.717) is 6.42 Å². The third-order valence-corrected chi connectivity index (χ3v) is 6.39. The fourth-order valence-corrected chi connectivity index (χ4v) is 4.23. The smallest absolute Gasteiger partial charge is 0.461 e. The molecule has 0 aliphatic heterocycles. The number of esters is 2. The van der Waals surface area contributed by atoms with Gasteiger partial charge in [0.25, 0.3) is 0 Å². The Bertz CT molecular complexity index is 1280. The summed E-state index contributed by atoms with van der Waals surface area (Å²) in [5, 5.41) is 2.96. The van der Waals surface area contributed by atoms with Gasteiger partial charge in [-0.05, 0) is 42.0 Å². The van der Waals surface area contributed by atoms with E-state index in [4.69, 9.17) is 14.2 Å². The Morgan fingerprint density at radius 2 is 1.36 bits per heavy atom. The Kier molecular flexibility index (Phi) is 13.1. The molecule has 3 aromatic rings. The molecule has 0 aromatic heterocycles. The molecule has 3 aromatic carbocycles. The van der Waals surface area contributed by atoms with Gasteiger partial charge in [-0.1, -0.05) is 91.9 Å². The van der Waals surface area contributed by atoms with Crippen LogP contribution in [0.1, 0.15) is 44.2 Å². The van der Waals surface area contributed by atoms with Crippen LogP contribution in [-0.4, -0.2) is 43.4 Å². The summed E-state index contributed by atoms with van der Waals surface area (Å²) in [7, 11) is 0. The van der Waals surface area contributed by atoms with E-state index in [0.717, 1.165) is 22.3 Å². The van der Waals surface area contributed by atoms with Crippen LogP contribution in [0, 0.1) is 5.92 Å². The van der Waals surface area contributed by atoms with E-state index >= 15 is 0 Å². The van der Waals surface area contributed by atoms with Crippen molar-refractivity contribution in [1.82, 2.24) is 5.32 Å². The van der Waals surface area contributed by atoms with Gasteiger partial charge in [0.2, 0.25) is 12.7 Å². The molecule has 0 bridgehead atoms. The number of amides is 1. The molecule has 9 nitrogen and oxygen atoms in total. The fourth-order valence-electron chi connectivity index (χ4n) is 4.23. The summed E-state index contributed by atoms with van der Waals surface area (Å²) in [5.74, 6) is -1.99. The Labute approximate surface area is 246 Å². The summed E-state index contributed by atoms with van der Waals surface area (Å²) in [6.07, 6.45) is -0.327. The van der Waals surface area contributed by atoms with Crippen LogP contribution in [0.15, 0.2) is 84.9 Å². The van der Waals surface area contributed by atoms with Crippen molar-refractivity contribution in [3.05, 3.63) is 96.1 Å². The molecule has 0 aliphatic rings. The number of hydrogen-bond donors (Lipinski definition) is 1. The summed E-state index contributed by atoms with van der Waals surface area (Å²) < 4.78 is 19.7. The maximum Gasteiger partial charge on any atom is 0.511 e. The Morgan fingerprint density at radius 3 is 2.02 bits per heavy atom. The zero-order valence-electron chi connectivity index (χ0n) is 24.0. The van der Waals surface area contributed by atoms with Crippen molar-refractivity contribution >= 4 is 24.0 Å². The van der Waals surface area contributed by atoms with Crippen molar-refractivity contribution in [2.45, 2.75) is 52.2 Å². The average molecular weight is 576 g/mol. The minimum atomic E-state index is -0.927. The summed E-state index contributed by atoms with van der Waals surface area (Å²) >= 11 is 0. The molecule has 0 saturated heterocycles. The van der Waals surface area contributed by atoms with Gasteiger partial charge in [-0.2, -0.15) is 0 Å². The van der Waals surface area contributed by atoms with Gasteiger partial charge in [0.15, 0.2) is 0 Å². The molecule has 0 fully saturated rings. The highest BCUT2D eigenvalue weighted by atomic mass is 16.8. The van der Waals surface area contributed by atoms with Gasteiger partial charge in [-0.3, -0.25) is 14.4 Å². The largest absolute Gasteiger partial charge is 0.511 e. The van der Waals surface area contributed by atoms with Gasteiger partial charge in [0.1, 0.15) is 6.61 Å².